The van der Waals surface area contributed by atoms with Crippen molar-refractivity contribution in [1.29, 1.82) is 5.26 Å². The van der Waals surface area contributed by atoms with Gasteiger partial charge in [0, 0.05) is 38.6 Å². The highest BCUT2D eigenvalue weighted by Gasteiger charge is 2.36. The fourth-order valence-electron chi connectivity index (χ4n) is 3.36. The Kier molecular flexibility index (Phi) is 5.43. The first-order chi connectivity index (χ1) is 12.5. The highest BCUT2D eigenvalue weighted by atomic mass is 32.1. The molecule has 0 bridgehead atoms. The maximum Gasteiger partial charge on any atom is 0.173 e. The van der Waals surface area contributed by atoms with Gasteiger partial charge in [0.1, 0.15) is 0 Å². The minimum Gasteiger partial charge on any atom is -0.378 e. The molecule has 26 heavy (non-hydrogen) atoms. The molecule has 5 heteroatoms. The Morgan fingerprint density at radius 2 is 1.69 bits per heavy atom. The Morgan fingerprint density at radius 1 is 1.08 bits per heavy atom. The summed E-state index contributed by atoms with van der Waals surface area (Å²) in [5.74, 6) is 0. The molecule has 1 fully saturated rings. The maximum atomic E-state index is 9.80. The van der Waals surface area contributed by atoms with E-state index in [9.17, 15) is 5.26 Å². The lowest BCUT2D eigenvalue weighted by Gasteiger charge is -2.38. The summed E-state index contributed by atoms with van der Waals surface area (Å²) in [5, 5.41) is 13.8. The molecule has 1 aliphatic heterocycles. The third kappa shape index (κ3) is 3.81. The molecule has 1 aliphatic rings. The van der Waals surface area contributed by atoms with Gasteiger partial charge in [0.25, 0.3) is 0 Å². The minimum absolute atomic E-state index is 0.402. The topological polar surface area (TPSA) is 42.3 Å². The third-order valence-corrected chi connectivity index (χ3v) is 5.44. The Bertz CT molecular complexity index is 785. The van der Waals surface area contributed by atoms with Gasteiger partial charge in [-0.3, -0.25) is 0 Å². The van der Waals surface area contributed by atoms with Gasteiger partial charge < -0.3 is 15.1 Å². The Balaban J connectivity index is 1.62. The zero-order chi connectivity index (χ0) is 18.6. The van der Waals surface area contributed by atoms with E-state index in [1.165, 1.54) is 0 Å². The number of nitrogens with zero attached hydrogens (tertiary/aromatic N) is 3. The van der Waals surface area contributed by atoms with Crippen molar-refractivity contribution < 1.29 is 0 Å². The van der Waals surface area contributed by atoms with Gasteiger partial charge >= 0.3 is 0 Å². The molecule has 0 radical (unpaired) electrons. The molecular formula is C21H24N4S. The zero-order valence-electron chi connectivity index (χ0n) is 15.3. The molecule has 134 valence electrons. The fraction of sp³-hybridized carbons (Fsp3) is 0.333. The predicted molar refractivity (Wildman–Crippen MR) is 112 cm³/mol. The number of piperidine rings is 1. The lowest BCUT2D eigenvalue weighted by Crippen LogP contribution is -2.46. The standard InChI is InChI=1S/C21H24N4S/c1-24(2)19-10-8-18(9-11-19)23-20(26)25-14-12-21(16-22,13-15-25)17-6-4-3-5-7-17/h3-11H,12-15H2,1-2H3,(H,23,26). The molecule has 0 atom stereocenters. The summed E-state index contributed by atoms with van der Waals surface area (Å²) in [6, 6.07) is 20.9. The van der Waals surface area contributed by atoms with Crippen LogP contribution in [0, 0.1) is 11.3 Å². The van der Waals surface area contributed by atoms with Crippen LogP contribution in [0.25, 0.3) is 0 Å². The number of thiocarbonyl (C=S) groups is 1. The molecule has 0 amide bonds. The van der Waals surface area contributed by atoms with Gasteiger partial charge in [0.15, 0.2) is 5.11 Å². The van der Waals surface area contributed by atoms with Gasteiger partial charge in [-0.2, -0.15) is 5.26 Å². The first-order valence-electron chi connectivity index (χ1n) is 8.84. The van der Waals surface area contributed by atoms with Crippen LogP contribution < -0.4 is 10.2 Å². The Hall–Kier alpha value is -2.58. The van der Waals surface area contributed by atoms with Crippen molar-refractivity contribution in [2.24, 2.45) is 0 Å². The van der Waals surface area contributed by atoms with Crippen LogP contribution in [0.3, 0.4) is 0 Å². The van der Waals surface area contributed by atoms with E-state index in [1.54, 1.807) is 0 Å². The highest BCUT2D eigenvalue weighted by molar-refractivity contribution is 7.80. The van der Waals surface area contributed by atoms with Crippen molar-refractivity contribution in [3.05, 3.63) is 60.2 Å². The largest absolute Gasteiger partial charge is 0.378 e. The molecule has 0 aliphatic carbocycles. The number of anilines is 2. The van der Waals surface area contributed by atoms with Crippen molar-refractivity contribution in [2.75, 3.05) is 37.4 Å². The molecule has 0 spiro atoms. The summed E-state index contributed by atoms with van der Waals surface area (Å²) < 4.78 is 0. The molecule has 1 N–H and O–H groups in total. The fourth-order valence-corrected chi connectivity index (χ4v) is 3.66. The predicted octanol–water partition coefficient (Wildman–Crippen LogP) is 4.01. The quantitative estimate of drug-likeness (QED) is 0.834. The van der Waals surface area contributed by atoms with Crippen molar-refractivity contribution in [3.8, 4) is 6.07 Å². The van der Waals surface area contributed by atoms with E-state index in [0.717, 1.165) is 48.0 Å². The van der Waals surface area contributed by atoms with Gasteiger partial charge in [-0.15, -0.1) is 0 Å². The lowest BCUT2D eigenvalue weighted by molar-refractivity contribution is 0.272. The van der Waals surface area contributed by atoms with Crippen molar-refractivity contribution in [2.45, 2.75) is 18.3 Å². The summed E-state index contributed by atoms with van der Waals surface area (Å²) in [4.78, 5) is 4.23. The van der Waals surface area contributed by atoms with E-state index < -0.39 is 5.41 Å². The van der Waals surface area contributed by atoms with E-state index in [0.29, 0.717) is 0 Å². The number of nitrogens with one attached hydrogen (secondary N) is 1. The van der Waals surface area contributed by atoms with Crippen LogP contribution in [0.1, 0.15) is 18.4 Å². The number of nitriles is 1. The highest BCUT2D eigenvalue weighted by Crippen LogP contribution is 2.35. The van der Waals surface area contributed by atoms with Crippen LogP contribution in [0.2, 0.25) is 0 Å². The van der Waals surface area contributed by atoms with Crippen molar-refractivity contribution >= 4 is 28.7 Å². The van der Waals surface area contributed by atoms with Crippen LogP contribution in [0.4, 0.5) is 11.4 Å². The number of hydrogen-bond donors (Lipinski definition) is 1. The van der Waals surface area contributed by atoms with Gasteiger partial charge in [-0.05, 0) is 54.9 Å². The molecule has 1 heterocycles. The second kappa shape index (κ2) is 7.76. The number of benzene rings is 2. The van der Waals surface area contributed by atoms with Gasteiger partial charge in [-0.1, -0.05) is 30.3 Å². The summed E-state index contributed by atoms with van der Waals surface area (Å²) in [6.45, 7) is 1.56. The monoisotopic (exact) mass is 364 g/mol. The molecule has 0 aromatic heterocycles. The zero-order valence-corrected chi connectivity index (χ0v) is 16.1. The second-order valence-corrected chi connectivity index (χ2v) is 7.31. The minimum atomic E-state index is -0.402. The van der Waals surface area contributed by atoms with Crippen LogP contribution in [0.5, 0.6) is 0 Å². The third-order valence-electron chi connectivity index (χ3n) is 5.08. The van der Waals surface area contributed by atoms with E-state index >= 15 is 0 Å². The van der Waals surface area contributed by atoms with E-state index in [2.05, 4.69) is 45.5 Å². The Morgan fingerprint density at radius 3 is 2.23 bits per heavy atom. The van der Waals surface area contributed by atoms with E-state index in [-0.39, 0.29) is 0 Å². The van der Waals surface area contributed by atoms with Gasteiger partial charge in [0.05, 0.1) is 11.5 Å². The van der Waals surface area contributed by atoms with Crippen LogP contribution >= 0.6 is 12.2 Å². The van der Waals surface area contributed by atoms with Crippen LogP contribution in [-0.4, -0.2) is 37.2 Å². The van der Waals surface area contributed by atoms with Crippen molar-refractivity contribution in [1.82, 2.24) is 4.90 Å². The van der Waals surface area contributed by atoms with E-state index in [1.807, 2.05) is 44.4 Å². The maximum absolute atomic E-state index is 9.80. The summed E-state index contributed by atoms with van der Waals surface area (Å²) >= 11 is 5.59. The smallest absolute Gasteiger partial charge is 0.173 e. The molecule has 2 aromatic carbocycles. The molecule has 1 saturated heterocycles. The number of likely N-dealkylation sites (tertiary alicyclic amines) is 1. The van der Waals surface area contributed by atoms with Gasteiger partial charge in [-0.25, -0.2) is 0 Å². The first-order valence-corrected chi connectivity index (χ1v) is 9.25. The molecule has 4 nitrogen and oxygen atoms in total. The molecular weight excluding hydrogens is 340 g/mol. The molecule has 0 unspecified atom stereocenters. The van der Waals surface area contributed by atoms with Crippen LogP contribution in [0.15, 0.2) is 54.6 Å². The summed E-state index contributed by atoms with van der Waals surface area (Å²) in [7, 11) is 4.05. The molecule has 3 rings (SSSR count). The van der Waals surface area contributed by atoms with Crippen LogP contribution in [-0.2, 0) is 5.41 Å². The molecule has 2 aromatic rings. The van der Waals surface area contributed by atoms with Crippen molar-refractivity contribution in [3.63, 3.8) is 0 Å². The number of rotatable bonds is 3. The van der Waals surface area contributed by atoms with Gasteiger partial charge in [0.2, 0.25) is 0 Å². The average Bonchev–Trinajstić information content (AvgIpc) is 2.69. The SMILES string of the molecule is CN(C)c1ccc(NC(=S)N2CCC(C#N)(c3ccccc3)CC2)cc1. The van der Waals surface area contributed by atoms with E-state index in [4.69, 9.17) is 12.2 Å². The summed E-state index contributed by atoms with van der Waals surface area (Å²) in [6.07, 6.45) is 1.57. The first kappa shape index (κ1) is 18.2. The number of hydrogen-bond acceptors (Lipinski definition) is 3. The Labute approximate surface area is 161 Å². The average molecular weight is 365 g/mol. The molecule has 0 saturated carbocycles. The normalized spacial score (nSPS) is 15.8. The second-order valence-electron chi connectivity index (χ2n) is 6.92. The lowest BCUT2D eigenvalue weighted by atomic mass is 9.74. The summed E-state index contributed by atoms with van der Waals surface area (Å²) in [5.41, 5.74) is 2.85.